The van der Waals surface area contributed by atoms with Crippen molar-refractivity contribution >= 4 is 28.0 Å². The second kappa shape index (κ2) is 6.86. The van der Waals surface area contributed by atoms with Crippen molar-refractivity contribution in [1.29, 1.82) is 0 Å². The summed E-state index contributed by atoms with van der Waals surface area (Å²) in [6.07, 6.45) is 9.02. The first-order chi connectivity index (χ1) is 10.6. The fraction of sp³-hybridized carbons (Fsp3) is 0.500. The highest BCUT2D eigenvalue weighted by molar-refractivity contribution is 9.10. The van der Waals surface area contributed by atoms with Gasteiger partial charge in [0.2, 0.25) is 0 Å². The molecule has 2 bridgehead atoms. The molecule has 2 aliphatic carbocycles. The number of halogens is 1. The SMILES string of the molecule is CC(NC(=O)N/C=C/c1ccc(Br)cc1)C1CC2CCC1C2. The van der Waals surface area contributed by atoms with Gasteiger partial charge in [-0.1, -0.05) is 34.5 Å². The van der Waals surface area contributed by atoms with Crippen molar-refractivity contribution in [2.45, 2.75) is 38.6 Å². The highest BCUT2D eigenvalue weighted by atomic mass is 79.9. The van der Waals surface area contributed by atoms with Gasteiger partial charge in [0.05, 0.1) is 0 Å². The minimum Gasteiger partial charge on any atom is -0.335 e. The molecule has 0 aliphatic heterocycles. The molecule has 4 heteroatoms. The van der Waals surface area contributed by atoms with Crippen molar-refractivity contribution in [2.75, 3.05) is 0 Å². The van der Waals surface area contributed by atoms with Crippen LogP contribution < -0.4 is 10.6 Å². The summed E-state index contributed by atoms with van der Waals surface area (Å²) in [5.74, 6) is 2.41. The maximum Gasteiger partial charge on any atom is 0.318 e. The van der Waals surface area contributed by atoms with Gasteiger partial charge in [-0.2, -0.15) is 0 Å². The molecule has 0 saturated heterocycles. The Morgan fingerprint density at radius 2 is 2.05 bits per heavy atom. The van der Waals surface area contributed by atoms with Crippen molar-refractivity contribution in [2.24, 2.45) is 17.8 Å². The topological polar surface area (TPSA) is 41.1 Å². The molecule has 118 valence electrons. The number of urea groups is 1. The average Bonchev–Trinajstić information content (AvgIpc) is 3.12. The van der Waals surface area contributed by atoms with Gasteiger partial charge in [0.1, 0.15) is 0 Å². The third-order valence-corrected chi connectivity index (χ3v) is 5.68. The van der Waals surface area contributed by atoms with E-state index in [1.165, 1.54) is 25.7 Å². The van der Waals surface area contributed by atoms with Crippen molar-refractivity contribution in [3.05, 3.63) is 40.5 Å². The van der Waals surface area contributed by atoms with Crippen LogP contribution in [0.4, 0.5) is 4.79 Å². The van der Waals surface area contributed by atoms with Crippen LogP contribution in [0.1, 0.15) is 38.2 Å². The number of carbonyl (C=O) groups excluding carboxylic acids is 1. The Kier molecular flexibility index (Phi) is 4.87. The van der Waals surface area contributed by atoms with Crippen LogP contribution in [0.5, 0.6) is 0 Å². The van der Waals surface area contributed by atoms with Gasteiger partial charge in [0.15, 0.2) is 0 Å². The molecule has 2 aliphatic rings. The molecule has 4 unspecified atom stereocenters. The van der Waals surface area contributed by atoms with Crippen molar-refractivity contribution in [1.82, 2.24) is 10.6 Å². The zero-order chi connectivity index (χ0) is 15.5. The van der Waals surface area contributed by atoms with Gasteiger partial charge in [-0.05, 0) is 67.7 Å². The molecule has 2 fully saturated rings. The number of carbonyl (C=O) groups is 1. The monoisotopic (exact) mass is 362 g/mol. The molecule has 0 radical (unpaired) electrons. The summed E-state index contributed by atoms with van der Waals surface area (Å²) >= 11 is 3.41. The predicted molar refractivity (Wildman–Crippen MR) is 93.2 cm³/mol. The third-order valence-electron chi connectivity index (χ3n) is 5.15. The molecule has 0 spiro atoms. The summed E-state index contributed by atoms with van der Waals surface area (Å²) in [7, 11) is 0. The van der Waals surface area contributed by atoms with Crippen LogP contribution in [0.15, 0.2) is 34.9 Å². The van der Waals surface area contributed by atoms with E-state index in [4.69, 9.17) is 0 Å². The molecule has 3 nitrogen and oxygen atoms in total. The molecule has 2 amide bonds. The quantitative estimate of drug-likeness (QED) is 0.810. The van der Waals surface area contributed by atoms with E-state index in [0.29, 0.717) is 5.92 Å². The van der Waals surface area contributed by atoms with Gasteiger partial charge in [-0.25, -0.2) is 4.79 Å². The number of hydrogen-bond acceptors (Lipinski definition) is 1. The number of amides is 2. The van der Waals surface area contributed by atoms with Gasteiger partial charge in [-0.15, -0.1) is 0 Å². The van der Waals surface area contributed by atoms with E-state index in [-0.39, 0.29) is 12.1 Å². The Hall–Kier alpha value is -1.29. The fourth-order valence-electron chi connectivity index (χ4n) is 4.05. The van der Waals surface area contributed by atoms with Crippen LogP contribution >= 0.6 is 15.9 Å². The first kappa shape index (κ1) is 15.6. The summed E-state index contributed by atoms with van der Waals surface area (Å²) in [5.41, 5.74) is 1.06. The Bertz CT molecular complexity index is 555. The number of nitrogens with one attached hydrogen (secondary N) is 2. The Morgan fingerprint density at radius 1 is 1.27 bits per heavy atom. The third kappa shape index (κ3) is 3.72. The van der Waals surface area contributed by atoms with E-state index in [9.17, 15) is 4.79 Å². The number of fused-ring (bicyclic) bond motifs is 2. The fourth-order valence-corrected chi connectivity index (χ4v) is 4.31. The van der Waals surface area contributed by atoms with Crippen LogP contribution in [0.25, 0.3) is 6.08 Å². The van der Waals surface area contributed by atoms with Gasteiger partial charge in [0, 0.05) is 16.7 Å². The zero-order valence-electron chi connectivity index (χ0n) is 12.9. The predicted octanol–water partition coefficient (Wildman–Crippen LogP) is 4.54. The van der Waals surface area contributed by atoms with E-state index in [0.717, 1.165) is 21.9 Å². The lowest BCUT2D eigenvalue weighted by Crippen LogP contribution is -2.43. The Morgan fingerprint density at radius 3 is 2.68 bits per heavy atom. The van der Waals surface area contributed by atoms with E-state index in [1.807, 2.05) is 30.3 Å². The smallest absolute Gasteiger partial charge is 0.318 e. The maximum absolute atomic E-state index is 12.0. The van der Waals surface area contributed by atoms with Crippen LogP contribution in [0, 0.1) is 17.8 Å². The Labute approximate surface area is 140 Å². The zero-order valence-corrected chi connectivity index (χ0v) is 14.5. The van der Waals surface area contributed by atoms with Crippen molar-refractivity contribution in [3.63, 3.8) is 0 Å². The molecule has 1 aromatic carbocycles. The summed E-state index contributed by atoms with van der Waals surface area (Å²) in [6, 6.07) is 8.12. The molecule has 4 atom stereocenters. The average molecular weight is 363 g/mol. The molecular formula is C18H23BrN2O. The Balaban J connectivity index is 1.45. The number of benzene rings is 1. The highest BCUT2D eigenvalue weighted by Crippen LogP contribution is 2.49. The van der Waals surface area contributed by atoms with Crippen molar-refractivity contribution in [3.8, 4) is 0 Å². The molecule has 2 saturated carbocycles. The summed E-state index contributed by atoms with van der Waals surface area (Å²) in [4.78, 5) is 12.0. The van der Waals surface area contributed by atoms with Gasteiger partial charge >= 0.3 is 6.03 Å². The number of rotatable bonds is 4. The first-order valence-electron chi connectivity index (χ1n) is 8.11. The molecule has 0 heterocycles. The molecule has 1 aromatic rings. The number of hydrogen-bond donors (Lipinski definition) is 2. The van der Waals surface area contributed by atoms with Crippen LogP contribution in [0.3, 0.4) is 0 Å². The van der Waals surface area contributed by atoms with Gasteiger partial charge < -0.3 is 10.6 Å². The van der Waals surface area contributed by atoms with Crippen LogP contribution in [-0.2, 0) is 0 Å². The maximum atomic E-state index is 12.0. The van der Waals surface area contributed by atoms with Gasteiger partial charge in [-0.3, -0.25) is 0 Å². The van der Waals surface area contributed by atoms with Gasteiger partial charge in [0.25, 0.3) is 0 Å². The second-order valence-corrected chi connectivity index (χ2v) is 7.55. The molecular weight excluding hydrogens is 340 g/mol. The molecule has 3 rings (SSSR count). The standard InChI is InChI=1S/C18H23BrN2O/c1-12(17-11-14-2-5-15(17)10-14)21-18(22)20-9-8-13-3-6-16(19)7-4-13/h3-4,6-9,12,14-15,17H,2,5,10-11H2,1H3,(H2,20,21,22)/b9-8+. The van der Waals surface area contributed by atoms with E-state index >= 15 is 0 Å². The lowest BCUT2D eigenvalue weighted by Gasteiger charge is -2.28. The summed E-state index contributed by atoms with van der Waals surface area (Å²) in [5, 5.41) is 5.90. The first-order valence-corrected chi connectivity index (χ1v) is 8.90. The van der Waals surface area contributed by atoms with E-state index in [2.05, 4.69) is 33.5 Å². The second-order valence-electron chi connectivity index (χ2n) is 6.63. The molecule has 0 aromatic heterocycles. The van der Waals surface area contributed by atoms with E-state index < -0.39 is 0 Å². The van der Waals surface area contributed by atoms with Crippen molar-refractivity contribution < 1.29 is 4.79 Å². The normalized spacial score (nSPS) is 28.0. The summed E-state index contributed by atoms with van der Waals surface area (Å²) in [6.45, 7) is 2.14. The van der Waals surface area contributed by atoms with Crippen LogP contribution in [-0.4, -0.2) is 12.1 Å². The lowest BCUT2D eigenvalue weighted by atomic mass is 9.84. The molecule has 22 heavy (non-hydrogen) atoms. The summed E-state index contributed by atoms with van der Waals surface area (Å²) < 4.78 is 1.05. The largest absolute Gasteiger partial charge is 0.335 e. The molecule has 2 N–H and O–H groups in total. The van der Waals surface area contributed by atoms with E-state index in [1.54, 1.807) is 6.20 Å². The minimum atomic E-state index is -0.108. The van der Waals surface area contributed by atoms with Crippen LogP contribution in [0.2, 0.25) is 0 Å². The minimum absolute atomic E-state index is 0.108. The highest BCUT2D eigenvalue weighted by Gasteiger charge is 2.42. The lowest BCUT2D eigenvalue weighted by molar-refractivity contribution is 0.223.